The fraction of sp³-hybridized carbons (Fsp3) is 0.909. The number of hydrogen-bond donors (Lipinski definition) is 1. The predicted octanol–water partition coefficient (Wildman–Crippen LogP) is 0.655. The van der Waals surface area contributed by atoms with Crippen LogP contribution in [0.2, 0.25) is 0 Å². The summed E-state index contributed by atoms with van der Waals surface area (Å²) < 4.78 is 5.52. The molecular weight excluding hydrogens is 228 g/mol. The highest BCUT2D eigenvalue weighted by atomic mass is 35.5. The van der Waals surface area contributed by atoms with Crippen LogP contribution in [-0.4, -0.2) is 49.7 Å². The molecule has 2 unspecified atom stereocenters. The Bertz CT molecular complexity index is 232. The van der Waals surface area contributed by atoms with Gasteiger partial charge in [0.15, 0.2) is 0 Å². The molecule has 0 aromatic heterocycles. The molecule has 4 nitrogen and oxygen atoms in total. The number of ether oxygens (including phenoxy) is 1. The zero-order chi connectivity index (χ0) is 10.7. The van der Waals surface area contributed by atoms with Gasteiger partial charge in [0.25, 0.3) is 0 Å². The van der Waals surface area contributed by atoms with E-state index >= 15 is 0 Å². The lowest BCUT2D eigenvalue weighted by Crippen LogP contribution is -2.42. The van der Waals surface area contributed by atoms with Crippen molar-refractivity contribution in [3.63, 3.8) is 0 Å². The third-order valence-corrected chi connectivity index (χ3v) is 3.18. The summed E-state index contributed by atoms with van der Waals surface area (Å²) in [5.74, 6) is 0.924. The van der Waals surface area contributed by atoms with Gasteiger partial charge in [0.2, 0.25) is 5.91 Å². The van der Waals surface area contributed by atoms with Gasteiger partial charge in [-0.15, -0.1) is 12.4 Å². The Morgan fingerprint density at radius 2 is 2.38 bits per heavy atom. The minimum absolute atomic E-state index is 0. The van der Waals surface area contributed by atoms with E-state index in [0.717, 1.165) is 39.2 Å². The molecule has 2 fully saturated rings. The third kappa shape index (κ3) is 3.61. The first-order chi connectivity index (χ1) is 7.25. The number of morpholine rings is 1. The molecule has 94 valence electrons. The molecule has 0 radical (unpaired) electrons. The monoisotopic (exact) mass is 248 g/mol. The standard InChI is InChI=1S/C11H20N2O2.ClH/c1-9-2-4-13(8-9)11(14)6-10-7-12-3-5-15-10;/h9-10,12H,2-8H2,1H3;1H. The van der Waals surface area contributed by atoms with Crippen LogP contribution in [0.4, 0.5) is 0 Å². The quantitative estimate of drug-likeness (QED) is 0.781. The lowest BCUT2D eigenvalue weighted by atomic mass is 10.2. The van der Waals surface area contributed by atoms with Crippen molar-refractivity contribution in [3.05, 3.63) is 0 Å². The molecule has 2 atom stereocenters. The molecule has 5 heteroatoms. The van der Waals surface area contributed by atoms with Crippen LogP contribution in [0.5, 0.6) is 0 Å². The van der Waals surface area contributed by atoms with E-state index in [9.17, 15) is 4.79 Å². The fourth-order valence-corrected chi connectivity index (χ4v) is 2.24. The predicted molar refractivity (Wildman–Crippen MR) is 64.8 cm³/mol. The summed E-state index contributed by atoms with van der Waals surface area (Å²) >= 11 is 0. The van der Waals surface area contributed by atoms with E-state index in [2.05, 4.69) is 12.2 Å². The molecule has 1 N–H and O–H groups in total. The molecule has 2 aliphatic heterocycles. The Hall–Kier alpha value is -0.320. The van der Waals surface area contributed by atoms with E-state index in [-0.39, 0.29) is 24.4 Å². The summed E-state index contributed by atoms with van der Waals surface area (Å²) in [5.41, 5.74) is 0. The summed E-state index contributed by atoms with van der Waals surface area (Å²) in [6.07, 6.45) is 1.78. The van der Waals surface area contributed by atoms with Gasteiger partial charge in [-0.25, -0.2) is 0 Å². The molecule has 0 aromatic rings. The highest BCUT2D eigenvalue weighted by molar-refractivity contribution is 5.85. The largest absolute Gasteiger partial charge is 0.375 e. The van der Waals surface area contributed by atoms with Crippen LogP contribution in [-0.2, 0) is 9.53 Å². The minimum atomic E-state index is 0. The van der Waals surface area contributed by atoms with Crippen molar-refractivity contribution >= 4 is 18.3 Å². The van der Waals surface area contributed by atoms with Gasteiger partial charge < -0.3 is 15.0 Å². The molecule has 2 heterocycles. The third-order valence-electron chi connectivity index (χ3n) is 3.18. The summed E-state index contributed by atoms with van der Waals surface area (Å²) in [4.78, 5) is 13.9. The molecule has 1 amide bonds. The van der Waals surface area contributed by atoms with Gasteiger partial charge in [0.1, 0.15) is 0 Å². The highest BCUT2D eigenvalue weighted by Gasteiger charge is 2.26. The van der Waals surface area contributed by atoms with Crippen molar-refractivity contribution in [2.45, 2.75) is 25.9 Å². The first-order valence-electron chi connectivity index (χ1n) is 5.86. The SMILES string of the molecule is CC1CCN(C(=O)CC2CNCCO2)C1.Cl. The zero-order valence-electron chi connectivity index (χ0n) is 9.78. The van der Waals surface area contributed by atoms with Crippen LogP contribution in [0.15, 0.2) is 0 Å². The Labute approximate surface area is 103 Å². The van der Waals surface area contributed by atoms with Gasteiger partial charge in [-0.2, -0.15) is 0 Å². The minimum Gasteiger partial charge on any atom is -0.375 e. The molecule has 2 rings (SSSR count). The zero-order valence-corrected chi connectivity index (χ0v) is 10.6. The van der Waals surface area contributed by atoms with Crippen LogP contribution in [0.25, 0.3) is 0 Å². The second-order valence-electron chi connectivity index (χ2n) is 4.63. The molecular formula is C11H21ClN2O2. The molecule has 2 saturated heterocycles. The number of rotatable bonds is 2. The molecule has 0 spiro atoms. The van der Waals surface area contributed by atoms with Crippen molar-refractivity contribution in [2.75, 3.05) is 32.8 Å². The number of carbonyl (C=O) groups is 1. The maximum absolute atomic E-state index is 11.9. The van der Waals surface area contributed by atoms with Gasteiger partial charge >= 0.3 is 0 Å². The Morgan fingerprint density at radius 1 is 1.56 bits per heavy atom. The van der Waals surface area contributed by atoms with E-state index < -0.39 is 0 Å². The number of likely N-dealkylation sites (tertiary alicyclic amines) is 1. The normalized spacial score (nSPS) is 29.9. The van der Waals surface area contributed by atoms with Crippen molar-refractivity contribution in [2.24, 2.45) is 5.92 Å². The number of amides is 1. The molecule has 0 saturated carbocycles. The summed E-state index contributed by atoms with van der Waals surface area (Å²) in [7, 11) is 0. The van der Waals surface area contributed by atoms with Crippen LogP contribution in [0.1, 0.15) is 19.8 Å². The molecule has 16 heavy (non-hydrogen) atoms. The molecule has 2 aliphatic rings. The fourth-order valence-electron chi connectivity index (χ4n) is 2.24. The maximum Gasteiger partial charge on any atom is 0.225 e. The van der Waals surface area contributed by atoms with E-state index in [1.807, 2.05) is 4.90 Å². The Balaban J connectivity index is 0.00000128. The van der Waals surface area contributed by atoms with E-state index in [1.165, 1.54) is 0 Å². The second kappa shape index (κ2) is 6.42. The summed E-state index contributed by atoms with van der Waals surface area (Å²) in [6, 6.07) is 0. The average molecular weight is 249 g/mol. The average Bonchev–Trinajstić information content (AvgIpc) is 2.66. The maximum atomic E-state index is 11.9. The van der Waals surface area contributed by atoms with Crippen LogP contribution in [0, 0.1) is 5.92 Å². The van der Waals surface area contributed by atoms with Gasteiger partial charge in [-0.05, 0) is 12.3 Å². The van der Waals surface area contributed by atoms with Gasteiger partial charge in [0.05, 0.1) is 19.1 Å². The number of nitrogens with zero attached hydrogens (tertiary/aromatic N) is 1. The Kier molecular flexibility index (Phi) is 5.52. The molecule has 0 bridgehead atoms. The van der Waals surface area contributed by atoms with E-state index in [0.29, 0.717) is 12.3 Å². The first kappa shape index (κ1) is 13.7. The van der Waals surface area contributed by atoms with Crippen molar-refractivity contribution in [3.8, 4) is 0 Å². The van der Waals surface area contributed by atoms with Gasteiger partial charge in [-0.3, -0.25) is 4.79 Å². The van der Waals surface area contributed by atoms with Crippen LogP contribution in [0.3, 0.4) is 0 Å². The van der Waals surface area contributed by atoms with Crippen LogP contribution >= 0.6 is 12.4 Å². The van der Waals surface area contributed by atoms with Crippen molar-refractivity contribution in [1.82, 2.24) is 10.2 Å². The van der Waals surface area contributed by atoms with E-state index in [1.54, 1.807) is 0 Å². The number of nitrogens with one attached hydrogen (secondary N) is 1. The molecule has 0 aromatic carbocycles. The van der Waals surface area contributed by atoms with Gasteiger partial charge in [0, 0.05) is 26.2 Å². The van der Waals surface area contributed by atoms with Gasteiger partial charge in [-0.1, -0.05) is 6.92 Å². The topological polar surface area (TPSA) is 41.6 Å². The van der Waals surface area contributed by atoms with Crippen LogP contribution < -0.4 is 5.32 Å². The summed E-state index contributed by atoms with van der Waals surface area (Å²) in [6.45, 7) is 6.51. The lowest BCUT2D eigenvalue weighted by Gasteiger charge is -2.25. The van der Waals surface area contributed by atoms with E-state index in [4.69, 9.17) is 4.74 Å². The second-order valence-corrected chi connectivity index (χ2v) is 4.63. The lowest BCUT2D eigenvalue weighted by molar-refractivity contribution is -0.133. The summed E-state index contributed by atoms with van der Waals surface area (Å²) in [5, 5.41) is 3.24. The number of carbonyl (C=O) groups excluding carboxylic acids is 1. The van der Waals surface area contributed by atoms with Crippen molar-refractivity contribution in [1.29, 1.82) is 0 Å². The highest BCUT2D eigenvalue weighted by Crippen LogP contribution is 2.17. The first-order valence-corrected chi connectivity index (χ1v) is 5.86. The Morgan fingerprint density at radius 3 is 2.94 bits per heavy atom. The number of hydrogen-bond acceptors (Lipinski definition) is 3. The molecule has 0 aliphatic carbocycles. The van der Waals surface area contributed by atoms with Crippen molar-refractivity contribution < 1.29 is 9.53 Å². The smallest absolute Gasteiger partial charge is 0.225 e. The number of halogens is 1.